The first kappa shape index (κ1) is 18.2. The molecule has 1 nitrogen and oxygen atoms in total. The van der Waals surface area contributed by atoms with Gasteiger partial charge in [-0.15, -0.1) is 0 Å². The minimum Gasteiger partial charge on any atom is -0.337 e. The molecule has 0 amide bonds. The Morgan fingerprint density at radius 3 is 1.67 bits per heavy atom. The van der Waals surface area contributed by atoms with Crippen molar-refractivity contribution in [3.63, 3.8) is 0 Å². The maximum absolute atomic E-state index is 3.85. The van der Waals surface area contributed by atoms with Gasteiger partial charge in [0, 0.05) is 0 Å². The van der Waals surface area contributed by atoms with E-state index in [-0.39, 0.29) is 0 Å². The van der Waals surface area contributed by atoms with E-state index in [0.717, 1.165) is 0 Å². The van der Waals surface area contributed by atoms with Crippen molar-refractivity contribution in [2.24, 2.45) is 0 Å². The van der Waals surface area contributed by atoms with Crippen molar-refractivity contribution in [3.05, 3.63) is 0 Å². The highest BCUT2D eigenvalue weighted by atomic mass is 28.3. The van der Waals surface area contributed by atoms with E-state index >= 15 is 0 Å². The summed E-state index contributed by atoms with van der Waals surface area (Å²) in [7, 11) is -1.24. The normalized spacial score (nSPS) is 13.0. The van der Waals surface area contributed by atoms with Crippen LogP contribution in [0.3, 0.4) is 0 Å². The van der Waals surface area contributed by atoms with Gasteiger partial charge in [-0.2, -0.15) is 0 Å². The third-order valence-electron chi connectivity index (χ3n) is 4.47. The van der Waals surface area contributed by atoms with E-state index < -0.39 is 8.24 Å². The first-order valence-electron chi connectivity index (χ1n) is 8.06. The van der Waals surface area contributed by atoms with Crippen molar-refractivity contribution < 1.29 is 0 Å². The molecule has 0 heterocycles. The molecule has 0 aromatic rings. The van der Waals surface area contributed by atoms with Crippen LogP contribution in [-0.2, 0) is 0 Å². The molecule has 0 rings (SSSR count). The van der Waals surface area contributed by atoms with Gasteiger partial charge in [-0.1, -0.05) is 85.7 Å². The SMILES string of the molecule is CCCCCCCCCCN[Si](C)(C)C(C)(C)C. The monoisotopic (exact) mass is 271 g/mol. The maximum atomic E-state index is 3.85. The first-order chi connectivity index (χ1) is 8.31. The van der Waals surface area contributed by atoms with Crippen LogP contribution in [0, 0.1) is 0 Å². The Morgan fingerprint density at radius 2 is 1.22 bits per heavy atom. The molecule has 1 N–H and O–H groups in total. The van der Waals surface area contributed by atoms with E-state index in [1.165, 1.54) is 57.9 Å². The number of unbranched alkanes of at least 4 members (excludes halogenated alkanes) is 7. The molecule has 0 aliphatic heterocycles. The van der Waals surface area contributed by atoms with Crippen LogP contribution < -0.4 is 4.98 Å². The summed E-state index contributed by atoms with van der Waals surface area (Å²) in [5, 5.41) is 0.465. The summed E-state index contributed by atoms with van der Waals surface area (Å²) in [4.78, 5) is 3.85. The molecule has 0 spiro atoms. The van der Waals surface area contributed by atoms with E-state index in [2.05, 4.69) is 45.8 Å². The average molecular weight is 272 g/mol. The second-order valence-electron chi connectivity index (χ2n) is 7.28. The van der Waals surface area contributed by atoms with Crippen molar-refractivity contribution in [2.75, 3.05) is 6.54 Å². The molecule has 0 atom stereocenters. The molecule has 0 saturated heterocycles. The van der Waals surface area contributed by atoms with Gasteiger partial charge in [0.15, 0.2) is 0 Å². The Morgan fingerprint density at radius 1 is 0.778 bits per heavy atom. The zero-order valence-corrected chi connectivity index (χ0v) is 14.9. The maximum Gasteiger partial charge on any atom is 0.124 e. The van der Waals surface area contributed by atoms with Crippen molar-refractivity contribution in [2.45, 2.75) is 97.2 Å². The summed E-state index contributed by atoms with van der Waals surface area (Å²) >= 11 is 0. The predicted octanol–water partition coefficient (Wildman–Crippen LogP) is 5.72. The lowest BCUT2D eigenvalue weighted by Crippen LogP contribution is -2.52. The van der Waals surface area contributed by atoms with Crippen LogP contribution >= 0.6 is 0 Å². The standard InChI is InChI=1S/C16H37NSi/c1-7-8-9-10-11-12-13-14-15-17-18(5,6)16(2,3)4/h17H,7-15H2,1-6H3. The molecule has 18 heavy (non-hydrogen) atoms. The van der Waals surface area contributed by atoms with Gasteiger partial charge in [-0.3, -0.25) is 0 Å². The molecule has 2 heteroatoms. The number of rotatable bonds is 10. The van der Waals surface area contributed by atoms with Gasteiger partial charge in [0.25, 0.3) is 0 Å². The summed E-state index contributed by atoms with van der Waals surface area (Å²) in [6.45, 7) is 15.5. The molecule has 110 valence electrons. The first-order valence-corrected chi connectivity index (χ1v) is 11.1. The highest BCUT2D eigenvalue weighted by Crippen LogP contribution is 2.33. The van der Waals surface area contributed by atoms with Crippen LogP contribution in [0.25, 0.3) is 0 Å². The number of hydrogen-bond acceptors (Lipinski definition) is 1. The highest BCUT2D eigenvalue weighted by molar-refractivity contribution is 6.77. The van der Waals surface area contributed by atoms with Crippen LogP contribution in [-0.4, -0.2) is 14.8 Å². The lowest BCUT2D eigenvalue weighted by atomic mass is 10.1. The minimum absolute atomic E-state index is 0.465. The third-order valence-corrected chi connectivity index (χ3v) is 9.36. The average Bonchev–Trinajstić information content (AvgIpc) is 2.25. The number of nitrogens with one attached hydrogen (secondary N) is 1. The zero-order valence-electron chi connectivity index (χ0n) is 13.9. The topological polar surface area (TPSA) is 12.0 Å². The van der Waals surface area contributed by atoms with Crippen LogP contribution in [0.4, 0.5) is 0 Å². The molecule has 0 bridgehead atoms. The Labute approximate surface area is 117 Å². The Hall–Kier alpha value is 0.177. The second-order valence-corrected chi connectivity index (χ2v) is 12.4. The van der Waals surface area contributed by atoms with Crippen LogP contribution in [0.2, 0.25) is 18.1 Å². The van der Waals surface area contributed by atoms with Gasteiger partial charge >= 0.3 is 0 Å². The van der Waals surface area contributed by atoms with E-state index in [0.29, 0.717) is 5.04 Å². The van der Waals surface area contributed by atoms with Gasteiger partial charge in [-0.05, 0) is 18.0 Å². The van der Waals surface area contributed by atoms with Crippen molar-refractivity contribution in [3.8, 4) is 0 Å². The van der Waals surface area contributed by atoms with Crippen LogP contribution in [0.1, 0.15) is 79.1 Å². The zero-order chi connectivity index (χ0) is 14.1. The van der Waals surface area contributed by atoms with Gasteiger partial charge < -0.3 is 4.98 Å². The highest BCUT2D eigenvalue weighted by Gasteiger charge is 2.34. The van der Waals surface area contributed by atoms with Crippen molar-refractivity contribution >= 4 is 8.24 Å². The molecular formula is C16H37NSi. The number of hydrogen-bond donors (Lipinski definition) is 1. The molecule has 0 aliphatic rings. The van der Waals surface area contributed by atoms with Crippen molar-refractivity contribution in [1.82, 2.24) is 4.98 Å². The molecule has 0 aliphatic carbocycles. The summed E-state index contributed by atoms with van der Waals surface area (Å²) in [5.41, 5.74) is 0. The van der Waals surface area contributed by atoms with E-state index in [9.17, 15) is 0 Å². The molecular weight excluding hydrogens is 234 g/mol. The molecule has 0 aromatic carbocycles. The van der Waals surface area contributed by atoms with Gasteiger partial charge in [0.05, 0.1) is 0 Å². The summed E-state index contributed by atoms with van der Waals surface area (Å²) in [5.74, 6) is 0. The fourth-order valence-corrected chi connectivity index (χ4v) is 3.26. The van der Waals surface area contributed by atoms with Crippen LogP contribution in [0.15, 0.2) is 0 Å². The van der Waals surface area contributed by atoms with E-state index in [4.69, 9.17) is 0 Å². The molecule has 0 unspecified atom stereocenters. The van der Waals surface area contributed by atoms with Gasteiger partial charge in [0.1, 0.15) is 8.24 Å². The lowest BCUT2D eigenvalue weighted by molar-refractivity contribution is 0.569. The summed E-state index contributed by atoms with van der Waals surface area (Å²) < 4.78 is 0. The van der Waals surface area contributed by atoms with Gasteiger partial charge in [0.2, 0.25) is 0 Å². The fraction of sp³-hybridized carbons (Fsp3) is 1.00. The smallest absolute Gasteiger partial charge is 0.124 e. The summed E-state index contributed by atoms with van der Waals surface area (Å²) in [6, 6.07) is 0. The lowest BCUT2D eigenvalue weighted by Gasteiger charge is -2.37. The second kappa shape index (κ2) is 9.14. The van der Waals surface area contributed by atoms with Gasteiger partial charge in [-0.25, -0.2) is 0 Å². The third kappa shape index (κ3) is 8.31. The van der Waals surface area contributed by atoms with Crippen molar-refractivity contribution in [1.29, 1.82) is 0 Å². The van der Waals surface area contributed by atoms with E-state index in [1.807, 2.05) is 0 Å². The minimum atomic E-state index is -1.24. The van der Waals surface area contributed by atoms with Crippen LogP contribution in [0.5, 0.6) is 0 Å². The molecule has 0 aromatic heterocycles. The fourth-order valence-electron chi connectivity index (χ4n) is 1.92. The van der Waals surface area contributed by atoms with E-state index in [1.54, 1.807) is 0 Å². The summed E-state index contributed by atoms with van der Waals surface area (Å²) in [6.07, 6.45) is 11.3. The Balaban J connectivity index is 3.41. The largest absolute Gasteiger partial charge is 0.337 e. The quantitative estimate of drug-likeness (QED) is 0.396. The molecule has 0 radical (unpaired) electrons. The molecule has 0 saturated carbocycles. The Kier molecular flexibility index (Phi) is 9.23. The molecule has 0 fully saturated rings. The predicted molar refractivity (Wildman–Crippen MR) is 87.8 cm³/mol. The Bertz CT molecular complexity index is 194.